The summed E-state index contributed by atoms with van der Waals surface area (Å²) in [4.78, 5) is 3.88. The van der Waals surface area contributed by atoms with Gasteiger partial charge in [-0.15, -0.1) is 0 Å². The molecule has 1 rings (SSSR count). The van der Waals surface area contributed by atoms with Crippen molar-refractivity contribution in [3.05, 3.63) is 30.1 Å². The van der Waals surface area contributed by atoms with Crippen LogP contribution in [0, 0.1) is 11.3 Å². The van der Waals surface area contributed by atoms with Gasteiger partial charge in [-0.2, -0.15) is 9.57 Å². The van der Waals surface area contributed by atoms with E-state index in [0.29, 0.717) is 19.4 Å². The van der Waals surface area contributed by atoms with Crippen LogP contribution in [0.1, 0.15) is 18.9 Å². The zero-order valence-electron chi connectivity index (χ0n) is 10.4. The largest absolute Gasteiger partial charge is 0.265 e. The molecule has 1 aromatic heterocycles. The summed E-state index contributed by atoms with van der Waals surface area (Å²) in [6.45, 7) is 2.21. The predicted octanol–water partition coefficient (Wildman–Crippen LogP) is 1.19. The number of aromatic nitrogens is 1. The van der Waals surface area contributed by atoms with Crippen molar-refractivity contribution in [1.82, 2.24) is 9.29 Å². The summed E-state index contributed by atoms with van der Waals surface area (Å²) < 4.78 is 25.3. The Hall–Kier alpha value is -1.45. The summed E-state index contributed by atoms with van der Waals surface area (Å²) in [5, 5.41) is 8.65. The minimum atomic E-state index is -3.35. The molecule has 0 amide bonds. The Balaban J connectivity index is 2.66. The minimum absolute atomic E-state index is 0.0265. The Labute approximate surface area is 108 Å². The van der Waals surface area contributed by atoms with Crippen LogP contribution in [0.25, 0.3) is 0 Å². The van der Waals surface area contributed by atoms with Gasteiger partial charge in [0, 0.05) is 18.9 Å². The normalized spacial score (nSPS) is 11.4. The van der Waals surface area contributed by atoms with Crippen LogP contribution in [0.2, 0.25) is 0 Å². The van der Waals surface area contributed by atoms with Gasteiger partial charge in [0.1, 0.15) is 6.54 Å². The number of sulfonamides is 1. The van der Waals surface area contributed by atoms with Gasteiger partial charge in [0.15, 0.2) is 0 Å². The second-order valence-electron chi connectivity index (χ2n) is 3.91. The first kappa shape index (κ1) is 14.6. The Morgan fingerprint density at radius 1 is 1.39 bits per heavy atom. The first-order chi connectivity index (χ1) is 8.60. The lowest BCUT2D eigenvalue weighted by Crippen LogP contribution is -2.34. The number of nitriles is 1. The van der Waals surface area contributed by atoms with Crippen LogP contribution in [-0.4, -0.2) is 36.5 Å². The Kier molecular flexibility index (Phi) is 5.75. The minimum Gasteiger partial charge on any atom is -0.265 e. The number of hydrogen-bond donors (Lipinski definition) is 0. The molecule has 0 saturated heterocycles. The fourth-order valence-corrected chi connectivity index (χ4v) is 3.04. The van der Waals surface area contributed by atoms with Crippen molar-refractivity contribution in [1.29, 1.82) is 5.26 Å². The highest BCUT2D eigenvalue weighted by molar-refractivity contribution is 7.89. The van der Waals surface area contributed by atoms with Crippen molar-refractivity contribution in [2.45, 2.75) is 19.8 Å². The molecule has 1 heterocycles. The van der Waals surface area contributed by atoms with Gasteiger partial charge in [-0.3, -0.25) is 4.98 Å². The van der Waals surface area contributed by atoms with E-state index in [1.807, 2.05) is 13.0 Å². The van der Waals surface area contributed by atoms with Gasteiger partial charge in [0.05, 0.1) is 11.8 Å². The van der Waals surface area contributed by atoms with E-state index in [0.717, 1.165) is 5.56 Å². The molecule has 0 unspecified atom stereocenters. The number of pyridine rings is 1. The van der Waals surface area contributed by atoms with E-state index < -0.39 is 10.0 Å². The number of aryl methyl sites for hydroxylation is 1. The molecular weight excluding hydrogens is 250 g/mol. The van der Waals surface area contributed by atoms with Crippen molar-refractivity contribution >= 4 is 10.0 Å². The van der Waals surface area contributed by atoms with Crippen molar-refractivity contribution in [3.63, 3.8) is 0 Å². The van der Waals surface area contributed by atoms with E-state index in [9.17, 15) is 8.42 Å². The molecule has 0 spiro atoms. The second-order valence-corrected chi connectivity index (χ2v) is 6.00. The maximum absolute atomic E-state index is 12.0. The zero-order valence-corrected chi connectivity index (χ0v) is 11.2. The summed E-state index contributed by atoms with van der Waals surface area (Å²) in [5.74, 6) is 0.0265. The highest BCUT2D eigenvalue weighted by atomic mass is 32.2. The van der Waals surface area contributed by atoms with Gasteiger partial charge in [-0.25, -0.2) is 8.42 Å². The molecule has 0 bridgehead atoms. The predicted molar refractivity (Wildman–Crippen MR) is 69.2 cm³/mol. The third-order valence-corrected chi connectivity index (χ3v) is 4.33. The van der Waals surface area contributed by atoms with Crippen LogP contribution in [0.5, 0.6) is 0 Å². The summed E-state index contributed by atoms with van der Waals surface area (Å²) >= 11 is 0. The molecule has 0 aliphatic carbocycles. The Morgan fingerprint density at radius 2 is 2.06 bits per heavy atom. The van der Waals surface area contributed by atoms with Gasteiger partial charge in [-0.05, 0) is 30.5 Å². The molecule has 18 heavy (non-hydrogen) atoms. The summed E-state index contributed by atoms with van der Waals surface area (Å²) in [6.07, 6.45) is 4.43. The number of nitrogens with zero attached hydrogens (tertiary/aromatic N) is 3. The zero-order chi connectivity index (χ0) is 13.4. The molecule has 0 aromatic carbocycles. The summed E-state index contributed by atoms with van der Waals surface area (Å²) in [7, 11) is -3.35. The molecule has 0 radical (unpaired) electrons. The maximum atomic E-state index is 12.0. The molecule has 5 nitrogen and oxygen atoms in total. The van der Waals surface area contributed by atoms with Gasteiger partial charge < -0.3 is 0 Å². The van der Waals surface area contributed by atoms with E-state index in [-0.39, 0.29) is 12.3 Å². The smallest absolute Gasteiger partial charge is 0.215 e. The van der Waals surface area contributed by atoms with E-state index in [4.69, 9.17) is 5.26 Å². The lowest BCUT2D eigenvalue weighted by Gasteiger charge is -2.18. The quantitative estimate of drug-likeness (QED) is 0.695. The maximum Gasteiger partial charge on any atom is 0.215 e. The highest BCUT2D eigenvalue weighted by Crippen LogP contribution is 2.06. The molecular formula is C12H17N3O2S. The average Bonchev–Trinajstić information content (AvgIpc) is 2.37. The summed E-state index contributed by atoms with van der Waals surface area (Å²) in [5.41, 5.74) is 0.932. The van der Waals surface area contributed by atoms with E-state index in [1.54, 1.807) is 24.5 Å². The van der Waals surface area contributed by atoms with Gasteiger partial charge in [0.2, 0.25) is 10.0 Å². The molecule has 98 valence electrons. The molecule has 0 atom stereocenters. The van der Waals surface area contributed by atoms with Gasteiger partial charge in [0.25, 0.3) is 0 Å². The first-order valence-electron chi connectivity index (χ1n) is 5.84. The van der Waals surface area contributed by atoms with Crippen LogP contribution in [0.4, 0.5) is 0 Å². The fourth-order valence-electron chi connectivity index (χ4n) is 1.57. The van der Waals surface area contributed by atoms with E-state index in [2.05, 4.69) is 4.98 Å². The average molecular weight is 267 g/mol. The fraction of sp³-hybridized carbons (Fsp3) is 0.500. The third kappa shape index (κ3) is 4.43. The Bertz CT molecular complexity index is 494. The van der Waals surface area contributed by atoms with Crippen molar-refractivity contribution in [3.8, 4) is 6.07 Å². The van der Waals surface area contributed by atoms with Gasteiger partial charge >= 0.3 is 0 Å². The van der Waals surface area contributed by atoms with Crippen LogP contribution in [0.3, 0.4) is 0 Å². The topological polar surface area (TPSA) is 74.1 Å². The molecule has 0 aliphatic heterocycles. The number of rotatable bonds is 7. The van der Waals surface area contributed by atoms with Crippen LogP contribution in [-0.2, 0) is 16.4 Å². The molecule has 0 N–H and O–H groups in total. The van der Waals surface area contributed by atoms with Crippen LogP contribution in [0.15, 0.2) is 24.5 Å². The molecule has 1 aromatic rings. The van der Waals surface area contributed by atoms with Crippen LogP contribution < -0.4 is 0 Å². The van der Waals surface area contributed by atoms with Crippen molar-refractivity contribution < 1.29 is 8.42 Å². The van der Waals surface area contributed by atoms with Gasteiger partial charge in [-0.1, -0.05) is 6.92 Å². The summed E-state index contributed by atoms with van der Waals surface area (Å²) in [6, 6.07) is 5.48. The van der Waals surface area contributed by atoms with E-state index in [1.165, 1.54) is 4.31 Å². The monoisotopic (exact) mass is 267 g/mol. The lowest BCUT2D eigenvalue weighted by atomic mass is 10.2. The standard InChI is InChI=1S/C12H17N3O2S/c1-2-9-15(10-6-13)18(16,17)11-5-12-3-7-14-8-4-12/h3-4,7-8H,2,5,9-11H2,1H3. The third-order valence-electron chi connectivity index (χ3n) is 2.51. The van der Waals surface area contributed by atoms with Crippen LogP contribution >= 0.6 is 0 Å². The number of hydrogen-bond acceptors (Lipinski definition) is 4. The molecule has 0 saturated carbocycles. The second kappa shape index (κ2) is 7.09. The molecule has 0 aliphatic rings. The highest BCUT2D eigenvalue weighted by Gasteiger charge is 2.20. The molecule has 0 fully saturated rings. The SMILES string of the molecule is CCCN(CC#N)S(=O)(=O)CCc1ccncc1. The Morgan fingerprint density at radius 3 is 2.61 bits per heavy atom. The van der Waals surface area contributed by atoms with E-state index >= 15 is 0 Å². The van der Waals surface area contributed by atoms with Crippen molar-refractivity contribution in [2.24, 2.45) is 0 Å². The first-order valence-corrected chi connectivity index (χ1v) is 7.44. The van der Waals surface area contributed by atoms with Crippen molar-refractivity contribution in [2.75, 3.05) is 18.8 Å². The molecule has 6 heteroatoms. The lowest BCUT2D eigenvalue weighted by molar-refractivity contribution is 0.444.